The van der Waals surface area contributed by atoms with E-state index in [0.717, 1.165) is 29.7 Å². The van der Waals surface area contributed by atoms with Crippen molar-refractivity contribution in [3.8, 4) is 0 Å². The average Bonchev–Trinajstić information content (AvgIpc) is 3.32. The Kier molecular flexibility index (Phi) is 5.60. The predicted octanol–water partition coefficient (Wildman–Crippen LogP) is 3.08. The molecule has 6 heteroatoms. The van der Waals surface area contributed by atoms with Crippen LogP contribution in [0.15, 0.2) is 69.9 Å². The van der Waals surface area contributed by atoms with Gasteiger partial charge in [-0.2, -0.15) is 0 Å². The molecular weight excluding hydrogens is 362 g/mol. The summed E-state index contributed by atoms with van der Waals surface area (Å²) in [7, 11) is 1.97. The van der Waals surface area contributed by atoms with E-state index < -0.39 is 0 Å². The molecule has 29 heavy (non-hydrogen) atoms. The molecule has 1 aromatic rings. The van der Waals surface area contributed by atoms with Gasteiger partial charge in [-0.1, -0.05) is 56.2 Å². The topological polar surface area (TPSA) is 69.1 Å². The molecule has 0 bridgehead atoms. The molecule has 0 radical (unpaired) electrons. The third-order valence-corrected chi connectivity index (χ3v) is 5.43. The van der Waals surface area contributed by atoms with E-state index >= 15 is 0 Å². The van der Waals surface area contributed by atoms with Crippen molar-refractivity contribution < 1.29 is 4.79 Å². The Morgan fingerprint density at radius 2 is 2.03 bits per heavy atom. The number of nitrogens with one attached hydrogen (secondary N) is 2. The predicted molar refractivity (Wildman–Crippen MR) is 117 cm³/mol. The van der Waals surface area contributed by atoms with Gasteiger partial charge in [0.1, 0.15) is 11.9 Å². The first-order valence-corrected chi connectivity index (χ1v) is 10.2. The van der Waals surface area contributed by atoms with Crippen molar-refractivity contribution in [3.63, 3.8) is 0 Å². The minimum Gasteiger partial charge on any atom is -0.369 e. The molecule has 3 heterocycles. The summed E-state index contributed by atoms with van der Waals surface area (Å²) in [5.74, 6) is 0.554. The van der Waals surface area contributed by atoms with Gasteiger partial charge >= 0.3 is 0 Å². The van der Waals surface area contributed by atoms with E-state index in [0.29, 0.717) is 11.7 Å². The van der Waals surface area contributed by atoms with Crippen LogP contribution in [0.1, 0.15) is 31.7 Å². The van der Waals surface area contributed by atoms with E-state index in [1.54, 1.807) is 0 Å². The SMILES string of the molecule is CCCCCN(C)C1=N/C(=C\C2=CNC3N=CC(c4ccccc4)=CC23)C(=O)N1. The molecule has 3 aliphatic heterocycles. The smallest absolute Gasteiger partial charge is 0.276 e. The third kappa shape index (κ3) is 4.16. The van der Waals surface area contributed by atoms with E-state index in [2.05, 4.69) is 45.8 Å². The van der Waals surface area contributed by atoms with Gasteiger partial charge in [0.05, 0.1) is 0 Å². The van der Waals surface area contributed by atoms with Crippen LogP contribution in [0.3, 0.4) is 0 Å². The number of amides is 1. The molecule has 6 nitrogen and oxygen atoms in total. The van der Waals surface area contributed by atoms with Crippen LogP contribution in [-0.2, 0) is 4.79 Å². The number of aliphatic imine (C=N–C) groups is 2. The quantitative estimate of drug-likeness (QED) is 0.580. The maximum atomic E-state index is 12.4. The number of allylic oxidation sites excluding steroid dienone is 2. The minimum absolute atomic E-state index is 0.0288. The maximum Gasteiger partial charge on any atom is 0.276 e. The van der Waals surface area contributed by atoms with Crippen LogP contribution in [0.25, 0.3) is 5.57 Å². The van der Waals surface area contributed by atoms with Crippen LogP contribution < -0.4 is 10.6 Å². The van der Waals surface area contributed by atoms with E-state index in [4.69, 9.17) is 0 Å². The lowest BCUT2D eigenvalue weighted by Gasteiger charge is -2.20. The van der Waals surface area contributed by atoms with Crippen molar-refractivity contribution in [1.82, 2.24) is 15.5 Å². The monoisotopic (exact) mass is 389 g/mol. The van der Waals surface area contributed by atoms with Gasteiger partial charge in [0, 0.05) is 31.9 Å². The fraction of sp³-hybridized carbons (Fsp3) is 0.348. The van der Waals surface area contributed by atoms with Crippen molar-refractivity contribution in [2.45, 2.75) is 32.4 Å². The number of hydrogen-bond donors (Lipinski definition) is 2. The second-order valence-electron chi connectivity index (χ2n) is 7.60. The molecule has 0 aromatic heterocycles. The highest BCUT2D eigenvalue weighted by molar-refractivity contribution is 6.12. The first-order valence-electron chi connectivity index (χ1n) is 10.2. The molecule has 0 saturated carbocycles. The van der Waals surface area contributed by atoms with Crippen LogP contribution in [0, 0.1) is 5.92 Å². The van der Waals surface area contributed by atoms with Crippen LogP contribution >= 0.6 is 0 Å². The minimum atomic E-state index is -0.154. The lowest BCUT2D eigenvalue weighted by Crippen LogP contribution is -2.38. The molecule has 4 rings (SSSR count). The van der Waals surface area contributed by atoms with Gasteiger partial charge < -0.3 is 10.2 Å². The second kappa shape index (κ2) is 8.47. The fourth-order valence-electron chi connectivity index (χ4n) is 3.72. The van der Waals surface area contributed by atoms with Crippen molar-refractivity contribution >= 4 is 23.7 Å². The third-order valence-electron chi connectivity index (χ3n) is 5.43. The standard InChI is InChI=1S/C23H27N5O/c1-3-4-8-11-28(2)23-26-20(22(29)27-23)13-18-15-25-21-19(18)12-17(14-24-21)16-9-6-5-7-10-16/h5-7,9-10,12-15,19,21,25H,3-4,8,11H2,1-2H3,(H,26,27,29)/b20-13-. The van der Waals surface area contributed by atoms with Crippen molar-refractivity contribution in [2.24, 2.45) is 15.9 Å². The lowest BCUT2D eigenvalue weighted by atomic mass is 9.91. The first-order chi connectivity index (χ1) is 14.2. The van der Waals surface area contributed by atoms with Gasteiger partial charge in [0.15, 0.2) is 0 Å². The summed E-state index contributed by atoms with van der Waals surface area (Å²) in [4.78, 5) is 23.6. The highest BCUT2D eigenvalue weighted by Crippen LogP contribution is 2.32. The summed E-state index contributed by atoms with van der Waals surface area (Å²) in [6.07, 6.45) is 11.3. The molecular formula is C23H27N5O. The maximum absolute atomic E-state index is 12.4. The number of carbonyl (C=O) groups is 1. The number of benzene rings is 1. The summed E-state index contributed by atoms with van der Waals surface area (Å²) < 4.78 is 0. The average molecular weight is 390 g/mol. The zero-order valence-corrected chi connectivity index (χ0v) is 16.9. The van der Waals surface area contributed by atoms with Crippen molar-refractivity contribution in [1.29, 1.82) is 0 Å². The van der Waals surface area contributed by atoms with Crippen LogP contribution in [0.5, 0.6) is 0 Å². The Bertz CT molecular complexity index is 926. The summed E-state index contributed by atoms with van der Waals surface area (Å²) in [6.45, 7) is 3.06. The molecule has 2 unspecified atom stereocenters. The summed E-state index contributed by atoms with van der Waals surface area (Å²) in [5, 5.41) is 6.19. The Hall–Kier alpha value is -3.15. The second-order valence-corrected chi connectivity index (χ2v) is 7.60. The van der Waals surface area contributed by atoms with Gasteiger partial charge in [0.2, 0.25) is 5.96 Å². The van der Waals surface area contributed by atoms with E-state index in [1.807, 2.05) is 48.6 Å². The van der Waals surface area contributed by atoms with Gasteiger partial charge in [-0.25, -0.2) is 4.99 Å². The molecule has 0 saturated heterocycles. The summed E-state index contributed by atoms with van der Waals surface area (Å²) >= 11 is 0. The lowest BCUT2D eigenvalue weighted by molar-refractivity contribution is -0.115. The number of dihydropyridines is 1. The molecule has 2 N–H and O–H groups in total. The van der Waals surface area contributed by atoms with Crippen LogP contribution in [0.2, 0.25) is 0 Å². The summed E-state index contributed by atoms with van der Waals surface area (Å²) in [6, 6.07) is 10.2. The molecule has 2 atom stereocenters. The molecule has 150 valence electrons. The zero-order valence-electron chi connectivity index (χ0n) is 16.9. The number of unbranched alkanes of at least 4 members (excludes halogenated alkanes) is 2. The van der Waals surface area contributed by atoms with Crippen molar-refractivity contribution in [3.05, 3.63) is 65.5 Å². The molecule has 1 aromatic carbocycles. The van der Waals surface area contributed by atoms with Gasteiger partial charge in [-0.3, -0.25) is 15.1 Å². The first kappa shape index (κ1) is 19.2. The number of carbonyl (C=O) groups excluding carboxylic acids is 1. The molecule has 1 amide bonds. The molecule has 0 spiro atoms. The largest absolute Gasteiger partial charge is 0.369 e. The number of rotatable bonds is 6. The normalized spacial score (nSPS) is 23.9. The van der Waals surface area contributed by atoms with E-state index in [9.17, 15) is 4.79 Å². The van der Waals surface area contributed by atoms with Crippen LogP contribution in [-0.4, -0.2) is 42.7 Å². The summed E-state index contributed by atoms with van der Waals surface area (Å²) in [5.41, 5.74) is 3.70. The highest BCUT2D eigenvalue weighted by Gasteiger charge is 2.31. The van der Waals surface area contributed by atoms with Gasteiger partial charge in [-0.15, -0.1) is 0 Å². The molecule has 3 aliphatic rings. The zero-order chi connectivity index (χ0) is 20.2. The number of fused-ring (bicyclic) bond motifs is 1. The van der Waals surface area contributed by atoms with E-state index in [-0.39, 0.29) is 18.0 Å². The number of hydrogen-bond acceptors (Lipinski definition) is 5. The molecule has 0 fully saturated rings. The highest BCUT2D eigenvalue weighted by atomic mass is 16.2. The van der Waals surface area contributed by atoms with E-state index in [1.165, 1.54) is 12.8 Å². The number of guanidine groups is 1. The Balaban J connectivity index is 1.51. The molecule has 0 aliphatic carbocycles. The number of nitrogens with zero attached hydrogens (tertiary/aromatic N) is 3. The Morgan fingerprint density at radius 3 is 2.83 bits per heavy atom. The van der Waals surface area contributed by atoms with Crippen LogP contribution in [0.4, 0.5) is 0 Å². The Labute approximate surface area is 171 Å². The fourth-order valence-corrected chi connectivity index (χ4v) is 3.72. The van der Waals surface area contributed by atoms with Gasteiger partial charge in [0.25, 0.3) is 5.91 Å². The van der Waals surface area contributed by atoms with Gasteiger partial charge in [-0.05, 0) is 29.2 Å². The Morgan fingerprint density at radius 1 is 1.21 bits per heavy atom. The van der Waals surface area contributed by atoms with Crippen molar-refractivity contribution in [2.75, 3.05) is 13.6 Å².